The first-order valence-corrected chi connectivity index (χ1v) is 10.9. The molecule has 1 aliphatic heterocycles. The Kier molecular flexibility index (Phi) is 5.72. The predicted molar refractivity (Wildman–Crippen MR) is 119 cm³/mol. The molecule has 31 heavy (non-hydrogen) atoms. The van der Waals surface area contributed by atoms with Gasteiger partial charge in [-0.2, -0.15) is 0 Å². The van der Waals surface area contributed by atoms with Crippen molar-refractivity contribution in [2.45, 2.75) is 63.5 Å². The fourth-order valence-electron chi connectivity index (χ4n) is 3.89. The highest BCUT2D eigenvalue weighted by Crippen LogP contribution is 2.47. The van der Waals surface area contributed by atoms with Crippen LogP contribution in [0.2, 0.25) is 0 Å². The van der Waals surface area contributed by atoms with Crippen LogP contribution < -0.4 is 16.3 Å². The van der Waals surface area contributed by atoms with Crippen molar-refractivity contribution in [1.82, 2.24) is 20.4 Å². The van der Waals surface area contributed by atoms with Gasteiger partial charge in [0.25, 0.3) is 5.91 Å². The first-order valence-electron chi connectivity index (χ1n) is 10.9. The molecule has 4 rings (SSSR count). The van der Waals surface area contributed by atoms with Crippen LogP contribution >= 0.6 is 0 Å². The number of rotatable bonds is 5. The number of nitrogens with one attached hydrogen (secondary N) is 1. The van der Waals surface area contributed by atoms with E-state index in [-0.39, 0.29) is 17.4 Å². The molecule has 1 aliphatic carbocycles. The van der Waals surface area contributed by atoms with Crippen LogP contribution in [-0.2, 0) is 11.0 Å². The lowest BCUT2D eigenvalue weighted by Gasteiger charge is -2.41. The van der Waals surface area contributed by atoms with Crippen molar-refractivity contribution in [3.63, 3.8) is 0 Å². The molecule has 0 unspecified atom stereocenters. The van der Waals surface area contributed by atoms with Crippen LogP contribution in [0.4, 0.5) is 5.69 Å². The minimum Gasteiger partial charge on any atom is -0.385 e. The highest BCUT2D eigenvalue weighted by atomic mass is 16.3. The number of aromatic nitrogens is 2. The number of anilines is 1. The summed E-state index contributed by atoms with van der Waals surface area (Å²) in [5, 5.41) is 14.7. The zero-order valence-corrected chi connectivity index (χ0v) is 18.5. The van der Waals surface area contributed by atoms with Crippen molar-refractivity contribution in [1.29, 1.82) is 0 Å². The number of nitrogens with two attached hydrogens (primary N) is 1. The van der Waals surface area contributed by atoms with Crippen molar-refractivity contribution in [2.24, 2.45) is 5.73 Å². The molecule has 2 aliphatic rings. The standard InChI is InChI=1S/C23H32N6O2/c1-22(2,3)17-9-18(23(31)6-7-23)11-20(10-17)29(28-8-4-5-19(24)14-28)27-21(30)16-12-25-15-26-13-16/h9-13,15,19,31H,4-8,14,24H2,1-3H3,(H,27,30)/t19-/m0/s1. The third-order valence-electron chi connectivity index (χ3n) is 6.04. The predicted octanol–water partition coefficient (Wildman–Crippen LogP) is 2.24. The quantitative estimate of drug-likeness (QED) is 0.632. The second-order valence-electron chi connectivity index (χ2n) is 9.74. The molecular formula is C23H32N6O2. The first-order chi connectivity index (χ1) is 14.7. The molecule has 1 saturated carbocycles. The molecule has 0 spiro atoms. The number of hydrogen-bond acceptors (Lipinski definition) is 7. The lowest BCUT2D eigenvalue weighted by molar-refractivity contribution is 0.0879. The van der Waals surface area contributed by atoms with Crippen LogP contribution in [0, 0.1) is 0 Å². The number of benzene rings is 1. The van der Waals surface area contributed by atoms with Gasteiger partial charge in [-0.1, -0.05) is 26.8 Å². The number of hydrogen-bond donors (Lipinski definition) is 3. The average Bonchev–Trinajstić information content (AvgIpc) is 3.50. The first kappa shape index (κ1) is 21.7. The molecule has 4 N–H and O–H groups in total. The summed E-state index contributed by atoms with van der Waals surface area (Å²) in [6.45, 7) is 7.85. The van der Waals surface area contributed by atoms with E-state index in [0.717, 1.165) is 49.0 Å². The number of carbonyl (C=O) groups excluding carboxylic acids is 1. The number of amides is 1. The molecule has 0 radical (unpaired) electrons. The number of carbonyl (C=O) groups is 1. The fraction of sp³-hybridized carbons (Fsp3) is 0.522. The summed E-state index contributed by atoms with van der Waals surface area (Å²) in [5.41, 5.74) is 11.5. The molecule has 8 heteroatoms. The average molecular weight is 425 g/mol. The Balaban J connectivity index is 1.74. The smallest absolute Gasteiger partial charge is 0.274 e. The molecule has 1 saturated heterocycles. The Morgan fingerprint density at radius 3 is 2.58 bits per heavy atom. The van der Waals surface area contributed by atoms with Gasteiger partial charge in [-0.05, 0) is 54.4 Å². The third kappa shape index (κ3) is 4.87. The number of hydrazine groups is 2. The Bertz CT molecular complexity index is 915. The molecule has 2 heterocycles. The topological polar surface area (TPSA) is 108 Å². The van der Waals surface area contributed by atoms with Gasteiger partial charge in [-0.15, -0.1) is 0 Å². The summed E-state index contributed by atoms with van der Waals surface area (Å²) in [6.07, 6.45) is 7.78. The summed E-state index contributed by atoms with van der Waals surface area (Å²) >= 11 is 0. The van der Waals surface area contributed by atoms with E-state index in [1.165, 1.54) is 18.7 Å². The van der Waals surface area contributed by atoms with Crippen molar-refractivity contribution >= 4 is 11.6 Å². The maximum Gasteiger partial charge on any atom is 0.274 e. The monoisotopic (exact) mass is 424 g/mol. The Morgan fingerprint density at radius 2 is 1.97 bits per heavy atom. The largest absolute Gasteiger partial charge is 0.385 e. The normalized spacial score (nSPS) is 20.9. The molecule has 1 aromatic carbocycles. The van der Waals surface area contributed by atoms with Crippen molar-refractivity contribution in [3.8, 4) is 0 Å². The maximum absolute atomic E-state index is 13.0. The van der Waals surface area contributed by atoms with Crippen LogP contribution in [0.3, 0.4) is 0 Å². The van der Waals surface area contributed by atoms with Gasteiger partial charge in [-0.25, -0.2) is 25.5 Å². The molecule has 1 amide bonds. The molecule has 2 aromatic rings. The van der Waals surface area contributed by atoms with Gasteiger partial charge in [0.15, 0.2) is 0 Å². The molecular weight excluding hydrogens is 392 g/mol. The molecule has 1 atom stereocenters. The van der Waals surface area contributed by atoms with Gasteiger partial charge in [0, 0.05) is 31.5 Å². The maximum atomic E-state index is 13.0. The zero-order valence-electron chi connectivity index (χ0n) is 18.5. The van der Waals surface area contributed by atoms with Gasteiger partial charge in [0.1, 0.15) is 6.33 Å². The summed E-state index contributed by atoms with van der Waals surface area (Å²) in [5.74, 6) is -0.299. The van der Waals surface area contributed by atoms with Gasteiger partial charge >= 0.3 is 0 Å². The zero-order chi connectivity index (χ0) is 22.2. The minimum atomic E-state index is -0.780. The van der Waals surface area contributed by atoms with E-state index in [2.05, 4.69) is 53.3 Å². The van der Waals surface area contributed by atoms with E-state index in [9.17, 15) is 9.90 Å². The van der Waals surface area contributed by atoms with E-state index in [0.29, 0.717) is 12.1 Å². The van der Waals surface area contributed by atoms with Crippen LogP contribution in [0.1, 0.15) is 67.9 Å². The van der Waals surface area contributed by atoms with Crippen molar-refractivity contribution in [3.05, 3.63) is 53.6 Å². The van der Waals surface area contributed by atoms with Crippen LogP contribution in [-0.4, -0.2) is 45.1 Å². The Morgan fingerprint density at radius 1 is 1.26 bits per heavy atom. The molecule has 0 bridgehead atoms. The summed E-state index contributed by atoms with van der Waals surface area (Å²) < 4.78 is 0. The molecule has 1 aromatic heterocycles. The van der Waals surface area contributed by atoms with Crippen LogP contribution in [0.5, 0.6) is 0 Å². The Hall–Kier alpha value is -2.55. The van der Waals surface area contributed by atoms with E-state index >= 15 is 0 Å². The van der Waals surface area contributed by atoms with Gasteiger partial charge < -0.3 is 10.8 Å². The second-order valence-corrected chi connectivity index (χ2v) is 9.74. The van der Waals surface area contributed by atoms with Gasteiger partial charge in [-0.3, -0.25) is 4.79 Å². The number of piperidine rings is 1. The highest BCUT2D eigenvalue weighted by molar-refractivity contribution is 5.94. The number of aliphatic hydroxyl groups is 1. The fourth-order valence-corrected chi connectivity index (χ4v) is 3.89. The van der Waals surface area contributed by atoms with Gasteiger partial charge in [0.2, 0.25) is 0 Å². The molecule has 166 valence electrons. The summed E-state index contributed by atoms with van der Waals surface area (Å²) in [6, 6.07) is 6.18. The molecule has 2 fully saturated rings. The lowest BCUT2D eigenvalue weighted by Crippen LogP contribution is -2.58. The summed E-state index contributed by atoms with van der Waals surface area (Å²) in [4.78, 5) is 20.9. The SMILES string of the molecule is CC(C)(C)c1cc(N(NC(=O)c2cncnc2)N2CCC[C@H](N)C2)cc(C2(O)CC2)c1. The van der Waals surface area contributed by atoms with E-state index < -0.39 is 5.60 Å². The van der Waals surface area contributed by atoms with E-state index in [1.807, 2.05) is 6.07 Å². The van der Waals surface area contributed by atoms with Crippen LogP contribution in [0.25, 0.3) is 0 Å². The number of nitrogens with zero attached hydrogens (tertiary/aromatic N) is 4. The van der Waals surface area contributed by atoms with Gasteiger partial charge in [0.05, 0.1) is 16.9 Å². The van der Waals surface area contributed by atoms with Crippen molar-refractivity contribution in [2.75, 3.05) is 18.2 Å². The molecule has 8 nitrogen and oxygen atoms in total. The van der Waals surface area contributed by atoms with E-state index in [4.69, 9.17) is 5.73 Å². The summed E-state index contributed by atoms with van der Waals surface area (Å²) in [7, 11) is 0. The lowest BCUT2D eigenvalue weighted by atomic mass is 9.85. The van der Waals surface area contributed by atoms with Crippen LogP contribution in [0.15, 0.2) is 36.9 Å². The Labute approximate surface area is 183 Å². The second kappa shape index (κ2) is 8.18. The third-order valence-corrected chi connectivity index (χ3v) is 6.04. The highest BCUT2D eigenvalue weighted by Gasteiger charge is 2.43. The van der Waals surface area contributed by atoms with Crippen molar-refractivity contribution < 1.29 is 9.90 Å². The van der Waals surface area contributed by atoms with E-state index in [1.54, 1.807) is 5.12 Å². The minimum absolute atomic E-state index is 0.0334.